The fourth-order valence-electron chi connectivity index (χ4n) is 5.53. The number of rotatable bonds is 13. The Labute approximate surface area is 291 Å². The second kappa shape index (κ2) is 16.3. The Morgan fingerprint density at radius 2 is 1.52 bits per heavy atom. The van der Waals surface area contributed by atoms with Gasteiger partial charge in [-0.05, 0) is 87.0 Å². The molecule has 0 saturated carbocycles. The van der Waals surface area contributed by atoms with Gasteiger partial charge in [-0.2, -0.15) is 4.98 Å². The van der Waals surface area contributed by atoms with Gasteiger partial charge in [-0.15, -0.1) is 0 Å². The number of aromatic nitrogens is 2. The third kappa shape index (κ3) is 9.13. The van der Waals surface area contributed by atoms with Crippen LogP contribution < -0.4 is 24.8 Å². The number of piperazine rings is 1. The van der Waals surface area contributed by atoms with Crippen molar-refractivity contribution in [1.29, 1.82) is 0 Å². The first-order valence-electron chi connectivity index (χ1n) is 16.7. The van der Waals surface area contributed by atoms with Crippen LogP contribution in [0.25, 0.3) is 0 Å². The molecule has 5 aromatic rings. The number of carbonyl (C=O) groups excluding carboxylic acids is 1. The van der Waals surface area contributed by atoms with Crippen LogP contribution in [0.5, 0.6) is 28.9 Å². The number of ether oxygens (including phenoxy) is 3. The lowest BCUT2D eigenvalue weighted by Gasteiger charge is -2.32. The van der Waals surface area contributed by atoms with Gasteiger partial charge >= 0.3 is 0 Å². The molecule has 1 aliphatic rings. The molecule has 1 amide bonds. The average Bonchev–Trinajstić information content (AvgIpc) is 3.11. The fraction of sp³-hybridized carbons (Fsp3) is 0.256. The van der Waals surface area contributed by atoms with Crippen LogP contribution in [0.4, 0.5) is 21.7 Å². The highest BCUT2D eigenvalue weighted by Gasteiger charge is 2.20. The number of hydrogen-bond acceptors (Lipinski definition) is 9. The number of nitrogens with one attached hydrogen (secondary N) is 2. The van der Waals surface area contributed by atoms with E-state index in [4.69, 9.17) is 14.2 Å². The van der Waals surface area contributed by atoms with Crippen molar-refractivity contribution in [1.82, 2.24) is 19.8 Å². The number of likely N-dealkylation sites (N-methyl/N-ethyl adjacent to an activating group) is 1. The van der Waals surface area contributed by atoms with Gasteiger partial charge in [0.05, 0.1) is 6.61 Å². The van der Waals surface area contributed by atoms with Crippen LogP contribution in [-0.4, -0.2) is 72.1 Å². The van der Waals surface area contributed by atoms with E-state index in [2.05, 4.69) is 37.4 Å². The van der Waals surface area contributed by atoms with Crippen LogP contribution in [0.2, 0.25) is 0 Å². The molecule has 0 spiro atoms. The zero-order valence-corrected chi connectivity index (χ0v) is 28.5. The first kappa shape index (κ1) is 34.3. The number of halogens is 1. The topological polar surface area (TPSA) is 101 Å². The standard InChI is InChI=1S/C39H41FN6O4/c1-27-9-7-10-28(2)36(27)43-37(47)33-26-41-39(44-38(33)50-32-16-14-31(15-17-32)49-30-11-5-4-6-12-30)42-29-13-18-35(34(40)25-29)48-24-8-19-46-22-20-45(3)21-23-46/h4-7,9-18,25-26H,8,19-24H2,1-3H3,(H,43,47)(H,41,42,44). The molecule has 11 heteroatoms. The first-order chi connectivity index (χ1) is 24.3. The molecule has 258 valence electrons. The Hall–Kier alpha value is -5.52. The first-order valence-corrected chi connectivity index (χ1v) is 16.7. The number of aryl methyl sites for hydroxylation is 2. The Balaban J connectivity index is 1.16. The summed E-state index contributed by atoms with van der Waals surface area (Å²) in [6.45, 7) is 9.37. The molecular weight excluding hydrogens is 635 g/mol. The molecule has 1 aliphatic heterocycles. The summed E-state index contributed by atoms with van der Waals surface area (Å²) in [5.41, 5.74) is 3.06. The zero-order chi connectivity index (χ0) is 34.9. The minimum Gasteiger partial charge on any atom is -0.490 e. The molecule has 1 fully saturated rings. The second-order valence-corrected chi connectivity index (χ2v) is 12.2. The van der Waals surface area contributed by atoms with Crippen LogP contribution in [0.15, 0.2) is 97.2 Å². The van der Waals surface area contributed by atoms with Gasteiger partial charge in [0, 0.05) is 56.4 Å². The molecule has 4 aromatic carbocycles. The summed E-state index contributed by atoms with van der Waals surface area (Å²) >= 11 is 0. The predicted octanol–water partition coefficient (Wildman–Crippen LogP) is 7.83. The number of benzene rings is 4. The van der Waals surface area contributed by atoms with Gasteiger partial charge < -0.3 is 34.6 Å². The van der Waals surface area contributed by atoms with Gasteiger partial charge in [0.1, 0.15) is 22.8 Å². The van der Waals surface area contributed by atoms with E-state index in [1.807, 2.05) is 62.4 Å². The summed E-state index contributed by atoms with van der Waals surface area (Å²) in [6.07, 6.45) is 2.20. The minimum atomic E-state index is -0.506. The molecule has 50 heavy (non-hydrogen) atoms. The van der Waals surface area contributed by atoms with Crippen molar-refractivity contribution in [2.24, 2.45) is 0 Å². The number of carbonyl (C=O) groups is 1. The van der Waals surface area contributed by atoms with E-state index in [-0.39, 0.29) is 23.1 Å². The normalized spacial score (nSPS) is 13.4. The molecule has 10 nitrogen and oxygen atoms in total. The van der Waals surface area contributed by atoms with E-state index >= 15 is 4.39 Å². The average molecular weight is 677 g/mol. The summed E-state index contributed by atoms with van der Waals surface area (Å²) in [4.78, 5) is 27.2. The second-order valence-electron chi connectivity index (χ2n) is 12.2. The van der Waals surface area contributed by atoms with Crippen LogP contribution in [0.3, 0.4) is 0 Å². The van der Waals surface area contributed by atoms with Crippen LogP contribution in [-0.2, 0) is 0 Å². The van der Waals surface area contributed by atoms with Crippen molar-refractivity contribution >= 4 is 23.2 Å². The molecule has 0 unspecified atom stereocenters. The molecule has 6 rings (SSSR count). The third-order valence-corrected chi connectivity index (χ3v) is 8.40. The molecule has 0 bridgehead atoms. The number of nitrogens with zero attached hydrogens (tertiary/aromatic N) is 4. The highest BCUT2D eigenvalue weighted by Crippen LogP contribution is 2.30. The Kier molecular flexibility index (Phi) is 11.2. The fourth-order valence-corrected chi connectivity index (χ4v) is 5.53. The number of para-hydroxylation sites is 2. The van der Waals surface area contributed by atoms with E-state index in [0.717, 1.165) is 50.3 Å². The molecule has 1 aromatic heterocycles. The Morgan fingerprint density at radius 1 is 0.840 bits per heavy atom. The monoisotopic (exact) mass is 676 g/mol. The van der Waals surface area contributed by atoms with E-state index < -0.39 is 11.7 Å². The lowest BCUT2D eigenvalue weighted by atomic mass is 10.1. The highest BCUT2D eigenvalue weighted by molar-refractivity contribution is 6.06. The summed E-state index contributed by atoms with van der Waals surface area (Å²) in [5.74, 6) is 1.12. The maximum Gasteiger partial charge on any atom is 0.262 e. The third-order valence-electron chi connectivity index (χ3n) is 8.40. The lowest BCUT2D eigenvalue weighted by molar-refractivity contribution is 0.102. The molecule has 0 aliphatic carbocycles. The summed E-state index contributed by atoms with van der Waals surface area (Å²) in [6, 6.07) is 26.8. The molecule has 0 radical (unpaired) electrons. The summed E-state index contributed by atoms with van der Waals surface area (Å²) in [7, 11) is 2.13. The number of amides is 1. The lowest BCUT2D eigenvalue weighted by Crippen LogP contribution is -2.44. The van der Waals surface area contributed by atoms with Crippen LogP contribution >= 0.6 is 0 Å². The zero-order valence-electron chi connectivity index (χ0n) is 28.5. The van der Waals surface area contributed by atoms with E-state index in [1.165, 1.54) is 12.3 Å². The number of hydrogen-bond donors (Lipinski definition) is 2. The molecule has 0 atom stereocenters. The van der Waals surface area contributed by atoms with Crippen molar-refractivity contribution in [3.8, 4) is 28.9 Å². The van der Waals surface area contributed by atoms with E-state index in [9.17, 15) is 4.79 Å². The van der Waals surface area contributed by atoms with Crippen molar-refractivity contribution in [3.05, 3.63) is 120 Å². The van der Waals surface area contributed by atoms with Gasteiger partial charge in [0.15, 0.2) is 11.6 Å². The molecule has 1 saturated heterocycles. The minimum absolute atomic E-state index is 0.0174. The van der Waals surface area contributed by atoms with Crippen molar-refractivity contribution in [3.63, 3.8) is 0 Å². The van der Waals surface area contributed by atoms with Gasteiger partial charge in [0.25, 0.3) is 5.91 Å². The molecular formula is C39H41FN6O4. The van der Waals surface area contributed by atoms with Gasteiger partial charge in [0.2, 0.25) is 11.8 Å². The smallest absolute Gasteiger partial charge is 0.262 e. The summed E-state index contributed by atoms with van der Waals surface area (Å²) in [5, 5.41) is 6.00. The molecule has 2 heterocycles. The van der Waals surface area contributed by atoms with E-state index in [0.29, 0.717) is 35.2 Å². The van der Waals surface area contributed by atoms with Gasteiger partial charge in [-0.25, -0.2) is 9.37 Å². The van der Waals surface area contributed by atoms with Gasteiger partial charge in [-0.3, -0.25) is 4.79 Å². The maximum absolute atomic E-state index is 15.0. The largest absolute Gasteiger partial charge is 0.490 e. The number of anilines is 3. The van der Waals surface area contributed by atoms with Crippen molar-refractivity contribution in [2.75, 3.05) is 57.0 Å². The van der Waals surface area contributed by atoms with Gasteiger partial charge in [-0.1, -0.05) is 36.4 Å². The van der Waals surface area contributed by atoms with Crippen molar-refractivity contribution in [2.45, 2.75) is 20.3 Å². The maximum atomic E-state index is 15.0. The van der Waals surface area contributed by atoms with E-state index in [1.54, 1.807) is 36.4 Å². The molecule has 2 N–H and O–H groups in total. The van der Waals surface area contributed by atoms with Crippen LogP contribution in [0.1, 0.15) is 27.9 Å². The SMILES string of the molecule is Cc1cccc(C)c1NC(=O)c1cnc(Nc2ccc(OCCCN3CCN(C)CC3)c(F)c2)nc1Oc1ccc(Oc2ccccc2)cc1. The van der Waals surface area contributed by atoms with Crippen LogP contribution in [0, 0.1) is 19.7 Å². The highest BCUT2D eigenvalue weighted by atomic mass is 19.1. The van der Waals surface area contributed by atoms with Crippen molar-refractivity contribution < 1.29 is 23.4 Å². The Bertz CT molecular complexity index is 1880. The Morgan fingerprint density at radius 3 is 2.22 bits per heavy atom. The summed E-state index contributed by atoms with van der Waals surface area (Å²) < 4.78 is 32.8. The predicted molar refractivity (Wildman–Crippen MR) is 193 cm³/mol. The quantitative estimate of drug-likeness (QED) is 0.121.